The minimum atomic E-state index is -0.0415. The molecule has 5 heteroatoms. The number of aryl methyl sites for hydroxylation is 3. The van der Waals surface area contributed by atoms with Gasteiger partial charge in [0.1, 0.15) is 0 Å². The summed E-state index contributed by atoms with van der Waals surface area (Å²) in [4.78, 5) is 26.2. The van der Waals surface area contributed by atoms with Crippen LogP contribution in [0.25, 0.3) is 0 Å². The van der Waals surface area contributed by atoms with Gasteiger partial charge < -0.3 is 15.5 Å². The lowest BCUT2D eigenvalue weighted by molar-refractivity contribution is -0.862. The average Bonchev–Trinajstić information content (AvgIpc) is 2.55. The molecule has 0 spiro atoms. The Hall–Kier alpha value is -1.88. The van der Waals surface area contributed by atoms with Gasteiger partial charge in [0.15, 0.2) is 13.1 Å². The molecule has 1 unspecified atom stereocenters. The van der Waals surface area contributed by atoms with Crippen molar-refractivity contribution in [2.75, 3.05) is 25.5 Å². The maximum Gasteiger partial charge on any atom is 0.279 e. The summed E-state index contributed by atoms with van der Waals surface area (Å²) in [6.07, 6.45) is 7.61. The lowest BCUT2D eigenvalue weighted by atomic mass is 9.53. The highest BCUT2D eigenvalue weighted by Gasteiger charge is 2.51. The van der Waals surface area contributed by atoms with Crippen molar-refractivity contribution in [2.24, 2.45) is 17.8 Å². The number of hydrogen-bond donors (Lipinski definition) is 3. The zero-order valence-corrected chi connectivity index (χ0v) is 18.4. The Morgan fingerprint density at radius 2 is 1.41 bits per heavy atom. The number of carbonyl (C=O) groups excluding carboxylic acids is 2. The fourth-order valence-corrected chi connectivity index (χ4v) is 6.78. The number of amides is 2. The van der Waals surface area contributed by atoms with E-state index in [1.54, 1.807) is 0 Å². The van der Waals surface area contributed by atoms with Crippen LogP contribution in [0.1, 0.15) is 55.2 Å². The molecule has 3 N–H and O–H groups in total. The van der Waals surface area contributed by atoms with E-state index in [0.717, 1.165) is 58.7 Å². The molecule has 4 bridgehead atoms. The molecule has 4 fully saturated rings. The Kier molecular flexibility index (Phi) is 5.45. The van der Waals surface area contributed by atoms with Crippen LogP contribution in [0.3, 0.4) is 0 Å². The van der Waals surface area contributed by atoms with E-state index in [1.165, 1.54) is 24.8 Å². The Morgan fingerprint density at radius 3 is 1.93 bits per heavy atom. The smallest absolute Gasteiger partial charge is 0.279 e. The van der Waals surface area contributed by atoms with Gasteiger partial charge in [-0.2, -0.15) is 0 Å². The van der Waals surface area contributed by atoms with Crippen molar-refractivity contribution in [1.29, 1.82) is 0 Å². The number of nitrogens with one attached hydrogen (secondary N) is 3. The van der Waals surface area contributed by atoms with Gasteiger partial charge in [-0.15, -0.1) is 0 Å². The second-order valence-electron chi connectivity index (χ2n) is 10.4. The van der Waals surface area contributed by atoms with Gasteiger partial charge in [0.05, 0.1) is 7.05 Å². The van der Waals surface area contributed by atoms with Crippen LogP contribution < -0.4 is 15.5 Å². The van der Waals surface area contributed by atoms with Gasteiger partial charge in [-0.3, -0.25) is 9.59 Å². The standard InChI is InChI=1S/C24H35N3O2/c1-15-5-16(2)23(17(3)6-15)25-21(28)13-27(4)14-22(29)26-24-10-18-7-19(11-24)9-20(8-18)12-24/h5-6,18-20H,7-14H2,1-4H3,(H,25,28)(H,26,29)/p+1. The Balaban J connectivity index is 1.29. The van der Waals surface area contributed by atoms with Gasteiger partial charge in [-0.1, -0.05) is 17.7 Å². The van der Waals surface area contributed by atoms with Gasteiger partial charge in [-0.25, -0.2) is 0 Å². The number of carbonyl (C=O) groups is 2. The molecule has 0 radical (unpaired) electrons. The molecule has 0 aromatic heterocycles. The molecule has 2 amide bonds. The molecule has 158 valence electrons. The van der Waals surface area contributed by atoms with E-state index in [0.29, 0.717) is 13.1 Å². The summed E-state index contributed by atoms with van der Waals surface area (Å²) in [7, 11) is 1.92. The molecule has 5 nitrogen and oxygen atoms in total. The Morgan fingerprint density at radius 1 is 0.931 bits per heavy atom. The molecule has 1 aromatic carbocycles. The first-order valence-corrected chi connectivity index (χ1v) is 11.2. The molecule has 1 atom stereocenters. The van der Waals surface area contributed by atoms with Gasteiger partial charge in [0, 0.05) is 11.2 Å². The third-order valence-electron chi connectivity index (χ3n) is 7.31. The minimum absolute atomic E-state index is 0.0415. The Labute approximate surface area is 174 Å². The minimum Gasteiger partial charge on any atom is -0.346 e. The highest BCUT2D eigenvalue weighted by Crippen LogP contribution is 2.55. The second kappa shape index (κ2) is 7.75. The van der Waals surface area contributed by atoms with Crippen LogP contribution in [0, 0.1) is 38.5 Å². The molecule has 0 heterocycles. The molecule has 4 saturated carbocycles. The fraction of sp³-hybridized carbons (Fsp3) is 0.667. The summed E-state index contributed by atoms with van der Waals surface area (Å²) < 4.78 is 0. The number of quaternary nitrogens is 1. The zero-order valence-electron chi connectivity index (χ0n) is 18.4. The normalized spacial score (nSPS) is 30.8. The monoisotopic (exact) mass is 398 g/mol. The fourth-order valence-electron chi connectivity index (χ4n) is 6.78. The van der Waals surface area contributed by atoms with Crippen molar-refractivity contribution in [1.82, 2.24) is 5.32 Å². The van der Waals surface area contributed by atoms with E-state index < -0.39 is 0 Å². The summed E-state index contributed by atoms with van der Waals surface area (Å²) in [5, 5.41) is 6.46. The van der Waals surface area contributed by atoms with E-state index in [1.807, 2.05) is 20.9 Å². The third-order valence-corrected chi connectivity index (χ3v) is 7.31. The first-order valence-electron chi connectivity index (χ1n) is 11.2. The van der Waals surface area contributed by atoms with Crippen LogP contribution in [-0.2, 0) is 9.59 Å². The van der Waals surface area contributed by atoms with Crippen molar-refractivity contribution in [3.63, 3.8) is 0 Å². The van der Waals surface area contributed by atoms with Crippen LogP contribution >= 0.6 is 0 Å². The molecule has 4 aliphatic carbocycles. The molecule has 0 saturated heterocycles. The van der Waals surface area contributed by atoms with Crippen molar-refractivity contribution < 1.29 is 14.5 Å². The number of rotatable bonds is 6. The zero-order chi connectivity index (χ0) is 20.8. The van der Waals surface area contributed by atoms with E-state index in [2.05, 4.69) is 29.7 Å². The lowest BCUT2D eigenvalue weighted by Crippen LogP contribution is -3.11. The predicted octanol–water partition coefficient (Wildman–Crippen LogP) is 2.15. The van der Waals surface area contributed by atoms with Crippen molar-refractivity contribution in [2.45, 2.75) is 64.8 Å². The molecule has 29 heavy (non-hydrogen) atoms. The third kappa shape index (κ3) is 4.50. The van der Waals surface area contributed by atoms with Gasteiger partial charge in [0.2, 0.25) is 0 Å². The lowest BCUT2D eigenvalue weighted by Gasteiger charge is -2.56. The number of benzene rings is 1. The number of likely N-dealkylation sites (N-methyl/N-ethyl adjacent to an activating group) is 1. The molecule has 5 rings (SSSR count). The van der Waals surface area contributed by atoms with Gasteiger partial charge >= 0.3 is 0 Å². The van der Waals surface area contributed by atoms with E-state index in [-0.39, 0.29) is 17.4 Å². The summed E-state index contributed by atoms with van der Waals surface area (Å²) >= 11 is 0. The van der Waals surface area contributed by atoms with Crippen molar-refractivity contribution in [3.8, 4) is 0 Å². The maximum atomic E-state index is 12.8. The largest absolute Gasteiger partial charge is 0.346 e. The van der Waals surface area contributed by atoms with Crippen LogP contribution in [0.4, 0.5) is 5.69 Å². The highest BCUT2D eigenvalue weighted by atomic mass is 16.2. The summed E-state index contributed by atoms with van der Waals surface area (Å²) in [5.41, 5.74) is 4.29. The summed E-state index contributed by atoms with van der Waals surface area (Å²) in [6.45, 7) is 6.74. The SMILES string of the molecule is Cc1cc(C)c(NC(=O)C[NH+](C)CC(=O)NC23CC4CC(CC(C4)C2)C3)c(C)c1. The first kappa shape index (κ1) is 20.4. The highest BCUT2D eigenvalue weighted by molar-refractivity contribution is 5.93. The van der Waals surface area contributed by atoms with E-state index in [9.17, 15) is 9.59 Å². The van der Waals surface area contributed by atoms with Crippen LogP contribution in [-0.4, -0.2) is 37.5 Å². The molecule has 0 aliphatic heterocycles. The molecular formula is C24H36N3O2+. The first-order chi connectivity index (χ1) is 13.7. The topological polar surface area (TPSA) is 62.6 Å². The molecule has 1 aromatic rings. The number of anilines is 1. The van der Waals surface area contributed by atoms with Crippen LogP contribution in [0.15, 0.2) is 12.1 Å². The Bertz CT molecular complexity index is 758. The maximum absolute atomic E-state index is 12.8. The van der Waals surface area contributed by atoms with E-state index >= 15 is 0 Å². The van der Waals surface area contributed by atoms with Crippen molar-refractivity contribution in [3.05, 3.63) is 28.8 Å². The van der Waals surface area contributed by atoms with Gasteiger partial charge in [0.25, 0.3) is 11.8 Å². The van der Waals surface area contributed by atoms with Crippen LogP contribution in [0.2, 0.25) is 0 Å². The summed E-state index contributed by atoms with van der Waals surface area (Å²) in [5.74, 6) is 2.51. The predicted molar refractivity (Wildman–Crippen MR) is 115 cm³/mol. The van der Waals surface area contributed by atoms with Gasteiger partial charge in [-0.05, 0) is 88.2 Å². The number of hydrogen-bond acceptors (Lipinski definition) is 2. The molecular weight excluding hydrogens is 362 g/mol. The quantitative estimate of drug-likeness (QED) is 0.688. The molecule has 4 aliphatic rings. The second-order valence-corrected chi connectivity index (χ2v) is 10.4. The van der Waals surface area contributed by atoms with E-state index in [4.69, 9.17) is 0 Å². The summed E-state index contributed by atoms with van der Waals surface area (Å²) in [6, 6.07) is 4.16. The average molecular weight is 399 g/mol. The van der Waals surface area contributed by atoms with Crippen LogP contribution in [0.5, 0.6) is 0 Å². The van der Waals surface area contributed by atoms with Crippen molar-refractivity contribution >= 4 is 17.5 Å².